The van der Waals surface area contributed by atoms with Gasteiger partial charge in [0.2, 0.25) is 0 Å². The van der Waals surface area contributed by atoms with Crippen LogP contribution in [0.4, 0.5) is 0 Å². The van der Waals surface area contributed by atoms with Crippen LogP contribution in [0, 0.1) is 12.8 Å². The van der Waals surface area contributed by atoms with Gasteiger partial charge in [0, 0.05) is 12.2 Å². The molecule has 0 unspecified atom stereocenters. The normalized spacial score (nSPS) is 19.1. The molecule has 0 bridgehead atoms. The fraction of sp³-hybridized carbons (Fsp3) is 0.600. The fourth-order valence-electron chi connectivity index (χ4n) is 4.45. The van der Waals surface area contributed by atoms with Gasteiger partial charge in [0.15, 0.2) is 5.82 Å². The molecule has 0 fully saturated rings. The van der Waals surface area contributed by atoms with Crippen LogP contribution in [-0.4, -0.2) is 37.1 Å². The Bertz CT molecular complexity index is 927. The number of carbonyl (C=O) groups is 1. The van der Waals surface area contributed by atoms with Crippen molar-refractivity contribution in [3.8, 4) is 0 Å². The van der Waals surface area contributed by atoms with E-state index in [1.165, 1.54) is 0 Å². The molecular formula is C20H27N5O2. The van der Waals surface area contributed by atoms with E-state index >= 15 is 0 Å². The van der Waals surface area contributed by atoms with E-state index in [-0.39, 0.29) is 23.1 Å². The standard InChI is InChI=1S/C20H27N5O2/c1-12(2)8-15-10-24(11-18-23-22-13(3)25(15)18)20(27)16-9-14-6-4-5-7-17(14)21-19(16)26/h9,12,15H,4-8,10-11H2,1-3H3,(H,21,26)/t15-/m0/s1. The maximum Gasteiger partial charge on any atom is 0.261 e. The number of fused-ring (bicyclic) bond motifs is 2. The molecule has 4 rings (SSSR count). The predicted molar refractivity (Wildman–Crippen MR) is 102 cm³/mol. The zero-order valence-corrected chi connectivity index (χ0v) is 16.3. The van der Waals surface area contributed by atoms with Gasteiger partial charge >= 0.3 is 0 Å². The minimum atomic E-state index is -0.274. The highest BCUT2D eigenvalue weighted by molar-refractivity contribution is 5.94. The van der Waals surface area contributed by atoms with Crippen molar-refractivity contribution in [1.29, 1.82) is 0 Å². The highest BCUT2D eigenvalue weighted by atomic mass is 16.2. The van der Waals surface area contributed by atoms with Gasteiger partial charge in [0.1, 0.15) is 11.4 Å². The summed E-state index contributed by atoms with van der Waals surface area (Å²) in [6.45, 7) is 7.28. The lowest BCUT2D eigenvalue weighted by Gasteiger charge is -2.35. The average molecular weight is 369 g/mol. The van der Waals surface area contributed by atoms with E-state index < -0.39 is 0 Å². The molecular weight excluding hydrogens is 342 g/mol. The first kappa shape index (κ1) is 17.9. The molecule has 1 N–H and O–H groups in total. The van der Waals surface area contributed by atoms with Crippen LogP contribution < -0.4 is 5.56 Å². The summed E-state index contributed by atoms with van der Waals surface area (Å²) < 4.78 is 2.15. The largest absolute Gasteiger partial charge is 0.329 e. The van der Waals surface area contributed by atoms with E-state index in [4.69, 9.17) is 0 Å². The number of aromatic amines is 1. The second-order valence-corrected chi connectivity index (χ2v) is 8.23. The molecule has 0 spiro atoms. The minimum absolute atomic E-state index is 0.143. The third kappa shape index (κ3) is 3.31. The first-order valence-electron chi connectivity index (χ1n) is 9.88. The first-order chi connectivity index (χ1) is 12.9. The Labute approximate surface area is 158 Å². The Kier molecular flexibility index (Phi) is 4.61. The molecule has 0 saturated heterocycles. The summed E-state index contributed by atoms with van der Waals surface area (Å²) in [4.78, 5) is 30.5. The smallest absolute Gasteiger partial charge is 0.261 e. The topological polar surface area (TPSA) is 83.9 Å². The number of aryl methyl sites for hydroxylation is 3. The van der Waals surface area contributed by atoms with Gasteiger partial charge in [-0.05, 0) is 56.6 Å². The van der Waals surface area contributed by atoms with Crippen molar-refractivity contribution in [3.05, 3.63) is 44.9 Å². The Balaban J connectivity index is 1.66. The number of carbonyl (C=O) groups excluding carboxylic acids is 1. The second kappa shape index (κ2) is 6.94. The summed E-state index contributed by atoms with van der Waals surface area (Å²) in [7, 11) is 0. The van der Waals surface area contributed by atoms with Gasteiger partial charge in [-0.15, -0.1) is 10.2 Å². The third-order valence-corrected chi connectivity index (χ3v) is 5.66. The Morgan fingerprint density at radius 3 is 2.85 bits per heavy atom. The molecule has 144 valence electrons. The molecule has 2 aromatic heterocycles. The van der Waals surface area contributed by atoms with Crippen LogP contribution in [-0.2, 0) is 19.4 Å². The van der Waals surface area contributed by atoms with Gasteiger partial charge in [-0.25, -0.2) is 0 Å². The summed E-state index contributed by atoms with van der Waals surface area (Å²) in [6.07, 6.45) is 4.96. The average Bonchev–Trinajstić information content (AvgIpc) is 3.01. The van der Waals surface area contributed by atoms with E-state index in [1.54, 1.807) is 4.90 Å². The molecule has 7 nitrogen and oxygen atoms in total. The van der Waals surface area contributed by atoms with Crippen LogP contribution in [0.15, 0.2) is 10.9 Å². The molecule has 0 aromatic carbocycles. The number of hydrogen-bond donors (Lipinski definition) is 1. The second-order valence-electron chi connectivity index (χ2n) is 8.23. The lowest BCUT2D eigenvalue weighted by molar-refractivity contribution is 0.0658. The van der Waals surface area contributed by atoms with Crippen molar-refractivity contribution in [2.45, 2.75) is 65.5 Å². The van der Waals surface area contributed by atoms with Crippen molar-refractivity contribution < 1.29 is 4.79 Å². The molecule has 7 heteroatoms. The molecule has 2 aromatic rings. The summed E-state index contributed by atoms with van der Waals surface area (Å²) in [5.41, 5.74) is 2.08. The molecule has 27 heavy (non-hydrogen) atoms. The number of aromatic nitrogens is 4. The minimum Gasteiger partial charge on any atom is -0.329 e. The van der Waals surface area contributed by atoms with Gasteiger partial charge in [0.25, 0.3) is 11.5 Å². The van der Waals surface area contributed by atoms with Gasteiger partial charge in [-0.1, -0.05) is 13.8 Å². The van der Waals surface area contributed by atoms with Crippen molar-refractivity contribution in [1.82, 2.24) is 24.6 Å². The molecule has 1 aliphatic heterocycles. The number of nitrogens with one attached hydrogen (secondary N) is 1. The summed E-state index contributed by atoms with van der Waals surface area (Å²) in [5.74, 6) is 1.97. The van der Waals surface area contributed by atoms with Crippen LogP contribution in [0.5, 0.6) is 0 Å². The quantitative estimate of drug-likeness (QED) is 0.900. The Morgan fingerprint density at radius 1 is 1.30 bits per heavy atom. The van der Waals surface area contributed by atoms with Crippen molar-refractivity contribution in [3.63, 3.8) is 0 Å². The molecule has 1 amide bonds. The van der Waals surface area contributed by atoms with E-state index in [0.29, 0.717) is 19.0 Å². The van der Waals surface area contributed by atoms with E-state index in [9.17, 15) is 9.59 Å². The monoisotopic (exact) mass is 369 g/mol. The van der Waals surface area contributed by atoms with Gasteiger partial charge < -0.3 is 14.5 Å². The molecule has 1 atom stereocenters. The van der Waals surface area contributed by atoms with Gasteiger partial charge in [-0.3, -0.25) is 9.59 Å². The molecule has 1 aliphatic carbocycles. The Morgan fingerprint density at radius 2 is 2.07 bits per heavy atom. The van der Waals surface area contributed by atoms with Gasteiger partial charge in [0.05, 0.1) is 12.6 Å². The summed E-state index contributed by atoms with van der Waals surface area (Å²) in [6, 6.07) is 1.96. The summed E-state index contributed by atoms with van der Waals surface area (Å²) >= 11 is 0. The Hall–Kier alpha value is -2.44. The SMILES string of the molecule is Cc1nnc2n1[C@@H](CC(C)C)CN(C(=O)c1cc3c([nH]c1=O)CCCC3)C2. The molecule has 0 saturated carbocycles. The third-order valence-electron chi connectivity index (χ3n) is 5.66. The zero-order valence-electron chi connectivity index (χ0n) is 16.3. The fourth-order valence-corrected chi connectivity index (χ4v) is 4.45. The number of amides is 1. The van der Waals surface area contributed by atoms with Crippen LogP contribution in [0.3, 0.4) is 0 Å². The van der Waals surface area contributed by atoms with E-state index in [2.05, 4.69) is 33.6 Å². The van der Waals surface area contributed by atoms with Crippen molar-refractivity contribution in [2.75, 3.05) is 6.54 Å². The van der Waals surface area contributed by atoms with Crippen LogP contribution in [0.25, 0.3) is 0 Å². The number of hydrogen-bond acceptors (Lipinski definition) is 4. The maximum atomic E-state index is 13.2. The highest BCUT2D eigenvalue weighted by Gasteiger charge is 2.32. The van der Waals surface area contributed by atoms with E-state index in [1.807, 2.05) is 13.0 Å². The first-order valence-corrected chi connectivity index (χ1v) is 9.88. The van der Waals surface area contributed by atoms with E-state index in [0.717, 1.165) is 55.0 Å². The lowest BCUT2D eigenvalue weighted by atomic mass is 9.94. The number of rotatable bonds is 3. The lowest BCUT2D eigenvalue weighted by Crippen LogP contribution is -2.43. The molecule has 2 aliphatic rings. The van der Waals surface area contributed by atoms with Crippen LogP contribution in [0.1, 0.15) is 72.4 Å². The number of pyridine rings is 1. The van der Waals surface area contributed by atoms with Crippen molar-refractivity contribution >= 4 is 5.91 Å². The number of nitrogens with zero attached hydrogens (tertiary/aromatic N) is 4. The molecule has 3 heterocycles. The van der Waals surface area contributed by atoms with Crippen molar-refractivity contribution in [2.24, 2.45) is 5.92 Å². The van der Waals surface area contributed by atoms with Gasteiger partial charge in [-0.2, -0.15) is 0 Å². The number of H-pyrrole nitrogens is 1. The van der Waals surface area contributed by atoms with Crippen LogP contribution in [0.2, 0.25) is 0 Å². The highest BCUT2D eigenvalue weighted by Crippen LogP contribution is 2.28. The summed E-state index contributed by atoms with van der Waals surface area (Å²) in [5, 5.41) is 8.47. The van der Waals surface area contributed by atoms with Crippen LogP contribution >= 0.6 is 0 Å². The predicted octanol–water partition coefficient (Wildman–Crippen LogP) is 2.40. The maximum absolute atomic E-state index is 13.2. The molecule has 0 radical (unpaired) electrons. The zero-order chi connectivity index (χ0) is 19.1.